The first-order valence-electron chi connectivity index (χ1n) is 5.75. The van der Waals surface area contributed by atoms with Gasteiger partial charge in [0.2, 0.25) is 10.0 Å². The molecule has 0 bridgehead atoms. The van der Waals surface area contributed by atoms with Gasteiger partial charge in [-0.05, 0) is 17.9 Å². The van der Waals surface area contributed by atoms with Gasteiger partial charge in [0, 0.05) is 6.07 Å². The van der Waals surface area contributed by atoms with Crippen molar-refractivity contribution < 1.29 is 17.2 Å². The normalized spacial score (nSPS) is 12.5. The van der Waals surface area contributed by atoms with Gasteiger partial charge in [-0.15, -0.1) is 0 Å². The Morgan fingerprint density at radius 3 is 2.32 bits per heavy atom. The van der Waals surface area contributed by atoms with Crippen molar-refractivity contribution in [2.45, 2.75) is 27.2 Å². The lowest BCUT2D eigenvalue weighted by atomic mass is 9.94. The smallest absolute Gasteiger partial charge is 0.232 e. The molecule has 3 N–H and O–H groups in total. The first-order chi connectivity index (χ1) is 8.50. The summed E-state index contributed by atoms with van der Waals surface area (Å²) < 4.78 is 52.0. The van der Waals surface area contributed by atoms with Crippen LogP contribution < -0.4 is 10.5 Å². The van der Waals surface area contributed by atoms with Crippen molar-refractivity contribution >= 4 is 21.4 Å². The van der Waals surface area contributed by atoms with Crippen LogP contribution >= 0.6 is 0 Å². The zero-order chi connectivity index (χ0) is 14.8. The van der Waals surface area contributed by atoms with Crippen molar-refractivity contribution in [3.8, 4) is 0 Å². The van der Waals surface area contributed by atoms with Crippen LogP contribution in [0.2, 0.25) is 0 Å². The van der Waals surface area contributed by atoms with E-state index in [1.165, 1.54) is 0 Å². The second-order valence-corrected chi connectivity index (χ2v) is 7.43. The molecular formula is C12H18F2N2O2S. The molecule has 0 amide bonds. The fourth-order valence-corrected chi connectivity index (χ4v) is 2.78. The first-order valence-corrected chi connectivity index (χ1v) is 7.40. The van der Waals surface area contributed by atoms with E-state index in [-0.39, 0.29) is 22.5 Å². The lowest BCUT2D eigenvalue weighted by molar-refractivity contribution is 0.397. The van der Waals surface area contributed by atoms with E-state index in [9.17, 15) is 17.2 Å². The zero-order valence-electron chi connectivity index (χ0n) is 11.1. The van der Waals surface area contributed by atoms with Crippen LogP contribution in [0.1, 0.15) is 27.2 Å². The van der Waals surface area contributed by atoms with Crippen LogP contribution in [-0.4, -0.2) is 14.2 Å². The fraction of sp³-hybridized carbons (Fsp3) is 0.500. The van der Waals surface area contributed by atoms with E-state index in [4.69, 9.17) is 5.73 Å². The Morgan fingerprint density at radius 2 is 1.79 bits per heavy atom. The van der Waals surface area contributed by atoms with Gasteiger partial charge in [-0.2, -0.15) is 0 Å². The van der Waals surface area contributed by atoms with Gasteiger partial charge in [0.05, 0.1) is 17.1 Å². The number of nitrogens with one attached hydrogen (secondary N) is 1. The number of hydrogen-bond acceptors (Lipinski definition) is 3. The maximum atomic E-state index is 13.4. The van der Waals surface area contributed by atoms with E-state index >= 15 is 0 Å². The summed E-state index contributed by atoms with van der Waals surface area (Å²) in [5.74, 6) is -2.06. The first kappa shape index (κ1) is 15.7. The molecule has 4 nitrogen and oxygen atoms in total. The van der Waals surface area contributed by atoms with Gasteiger partial charge in [0.15, 0.2) is 0 Å². The highest BCUT2D eigenvalue weighted by Crippen LogP contribution is 2.24. The third kappa shape index (κ3) is 5.02. The molecule has 0 aromatic heterocycles. The number of nitrogen functional groups attached to an aromatic ring is 1. The average molecular weight is 292 g/mol. The van der Waals surface area contributed by atoms with E-state index < -0.39 is 21.7 Å². The molecular weight excluding hydrogens is 274 g/mol. The quantitative estimate of drug-likeness (QED) is 0.838. The second-order valence-electron chi connectivity index (χ2n) is 5.59. The summed E-state index contributed by atoms with van der Waals surface area (Å²) in [5, 5.41) is 0. The van der Waals surface area contributed by atoms with Crippen LogP contribution in [0.15, 0.2) is 12.1 Å². The molecule has 1 aromatic rings. The molecule has 1 aromatic carbocycles. The number of rotatable bonds is 4. The maximum Gasteiger partial charge on any atom is 0.232 e. The summed E-state index contributed by atoms with van der Waals surface area (Å²) in [6.07, 6.45) is 0.417. The van der Waals surface area contributed by atoms with Crippen LogP contribution in [0.3, 0.4) is 0 Å². The highest BCUT2D eigenvalue weighted by atomic mass is 32.2. The molecule has 108 valence electrons. The average Bonchev–Trinajstić information content (AvgIpc) is 2.22. The Labute approximate surface area is 112 Å². The summed E-state index contributed by atoms with van der Waals surface area (Å²) in [7, 11) is -3.69. The van der Waals surface area contributed by atoms with E-state index in [2.05, 4.69) is 4.72 Å². The lowest BCUT2D eigenvalue weighted by Crippen LogP contribution is -2.21. The largest absolute Gasteiger partial charge is 0.396 e. The zero-order valence-corrected chi connectivity index (χ0v) is 11.9. The van der Waals surface area contributed by atoms with Gasteiger partial charge in [0.25, 0.3) is 0 Å². The Morgan fingerprint density at radius 1 is 1.21 bits per heavy atom. The van der Waals surface area contributed by atoms with Crippen LogP contribution in [0.5, 0.6) is 0 Å². The summed E-state index contributed by atoms with van der Waals surface area (Å²) in [5.41, 5.74) is 4.47. The predicted molar refractivity (Wildman–Crippen MR) is 72.3 cm³/mol. The van der Waals surface area contributed by atoms with Gasteiger partial charge in [-0.25, -0.2) is 17.2 Å². The van der Waals surface area contributed by atoms with Crippen molar-refractivity contribution in [3.05, 3.63) is 23.8 Å². The van der Waals surface area contributed by atoms with Crippen molar-refractivity contribution in [2.24, 2.45) is 5.41 Å². The van der Waals surface area contributed by atoms with Crippen LogP contribution in [0.4, 0.5) is 20.2 Å². The molecule has 0 heterocycles. The third-order valence-electron chi connectivity index (χ3n) is 2.47. The minimum atomic E-state index is -3.69. The summed E-state index contributed by atoms with van der Waals surface area (Å²) in [6, 6.07) is 1.48. The van der Waals surface area contributed by atoms with Gasteiger partial charge in [0.1, 0.15) is 11.6 Å². The van der Waals surface area contributed by atoms with Crippen molar-refractivity contribution in [2.75, 3.05) is 16.2 Å². The fourth-order valence-electron chi connectivity index (χ4n) is 1.30. The molecule has 0 aliphatic rings. The molecule has 0 atom stereocenters. The molecule has 0 aliphatic heterocycles. The van der Waals surface area contributed by atoms with Gasteiger partial charge in [-0.1, -0.05) is 20.8 Å². The second kappa shape index (κ2) is 5.32. The molecule has 0 saturated carbocycles. The Kier molecular flexibility index (Phi) is 4.39. The molecule has 0 unspecified atom stereocenters. The summed E-state index contributed by atoms with van der Waals surface area (Å²) in [6.45, 7) is 5.71. The van der Waals surface area contributed by atoms with E-state index in [1.807, 2.05) is 20.8 Å². The Bertz CT molecular complexity index is 566. The minimum absolute atomic E-state index is 0.146. The van der Waals surface area contributed by atoms with Crippen LogP contribution in [0, 0.1) is 17.0 Å². The maximum absolute atomic E-state index is 13.4. The third-order valence-corrected chi connectivity index (χ3v) is 3.75. The molecule has 19 heavy (non-hydrogen) atoms. The van der Waals surface area contributed by atoms with E-state index in [1.54, 1.807) is 0 Å². The topological polar surface area (TPSA) is 72.2 Å². The Balaban J connectivity index is 2.87. The molecule has 1 rings (SSSR count). The molecule has 0 radical (unpaired) electrons. The molecule has 0 aliphatic carbocycles. The molecule has 0 spiro atoms. The van der Waals surface area contributed by atoms with Gasteiger partial charge >= 0.3 is 0 Å². The number of benzene rings is 1. The van der Waals surface area contributed by atoms with E-state index in [0.717, 1.165) is 6.07 Å². The Hall–Kier alpha value is -1.37. The van der Waals surface area contributed by atoms with Crippen molar-refractivity contribution in [3.63, 3.8) is 0 Å². The SMILES string of the molecule is CC(C)(C)CCS(=O)(=O)Nc1cc(N)c(F)cc1F. The van der Waals surface area contributed by atoms with Crippen molar-refractivity contribution in [1.29, 1.82) is 0 Å². The highest BCUT2D eigenvalue weighted by molar-refractivity contribution is 7.92. The minimum Gasteiger partial charge on any atom is -0.396 e. The number of sulfonamides is 1. The van der Waals surface area contributed by atoms with Crippen LogP contribution in [0.25, 0.3) is 0 Å². The van der Waals surface area contributed by atoms with Crippen molar-refractivity contribution in [1.82, 2.24) is 0 Å². The molecule has 0 fully saturated rings. The number of nitrogens with two attached hydrogens (primary N) is 1. The summed E-state index contributed by atoms with van der Waals surface area (Å²) >= 11 is 0. The predicted octanol–water partition coefficient (Wildman–Crippen LogP) is 2.72. The van der Waals surface area contributed by atoms with Gasteiger partial charge < -0.3 is 5.73 Å². The number of hydrogen-bond donors (Lipinski definition) is 2. The monoisotopic (exact) mass is 292 g/mol. The van der Waals surface area contributed by atoms with Crippen LogP contribution in [-0.2, 0) is 10.0 Å². The lowest BCUT2D eigenvalue weighted by Gasteiger charge is -2.18. The van der Waals surface area contributed by atoms with E-state index in [0.29, 0.717) is 12.5 Å². The highest BCUT2D eigenvalue weighted by Gasteiger charge is 2.19. The standard InChI is InChI=1S/C12H18F2N2O2S/c1-12(2,3)4-5-19(17,18)16-11-7-10(15)8(13)6-9(11)14/h6-7,16H,4-5,15H2,1-3H3. The van der Waals surface area contributed by atoms with Gasteiger partial charge in [-0.3, -0.25) is 4.72 Å². The number of halogens is 2. The molecule has 0 saturated heterocycles. The summed E-state index contributed by atoms with van der Waals surface area (Å²) in [4.78, 5) is 0. The molecule has 7 heteroatoms. The number of anilines is 2.